The van der Waals surface area contributed by atoms with E-state index < -0.39 is 12.1 Å². The van der Waals surface area contributed by atoms with Crippen molar-refractivity contribution in [2.45, 2.75) is 26.9 Å². The predicted octanol–water partition coefficient (Wildman–Crippen LogP) is 3.44. The molecule has 0 aliphatic rings. The van der Waals surface area contributed by atoms with Gasteiger partial charge in [-0.05, 0) is 62.2 Å². The second-order valence-corrected chi connectivity index (χ2v) is 5.26. The lowest BCUT2D eigenvalue weighted by Crippen LogP contribution is -2.24. The van der Waals surface area contributed by atoms with E-state index in [-0.39, 0.29) is 17.1 Å². The predicted molar refractivity (Wildman–Crippen MR) is 83.2 cm³/mol. The number of esters is 1. The van der Waals surface area contributed by atoms with Gasteiger partial charge in [0.05, 0.1) is 5.56 Å². The van der Waals surface area contributed by atoms with Crippen LogP contribution in [0.3, 0.4) is 0 Å². The van der Waals surface area contributed by atoms with Crippen LogP contribution in [-0.2, 0) is 4.74 Å². The zero-order valence-corrected chi connectivity index (χ0v) is 12.8. The first-order valence-corrected chi connectivity index (χ1v) is 7.00. The van der Waals surface area contributed by atoms with Crippen LogP contribution in [0.15, 0.2) is 42.5 Å². The summed E-state index contributed by atoms with van der Waals surface area (Å²) in [6.45, 7) is 5.45. The zero-order valence-electron chi connectivity index (χ0n) is 12.8. The number of aromatic hydroxyl groups is 1. The third kappa shape index (κ3) is 3.52. The molecule has 0 aliphatic heterocycles. The fourth-order valence-corrected chi connectivity index (χ4v) is 2.01. The molecular formula is C18H18O4. The van der Waals surface area contributed by atoms with Gasteiger partial charge in [-0.25, -0.2) is 4.79 Å². The van der Waals surface area contributed by atoms with Crippen molar-refractivity contribution in [3.8, 4) is 5.75 Å². The van der Waals surface area contributed by atoms with E-state index in [0.717, 1.165) is 11.1 Å². The summed E-state index contributed by atoms with van der Waals surface area (Å²) in [5.74, 6) is -0.768. The molecule has 4 nitrogen and oxygen atoms in total. The number of hydrogen-bond acceptors (Lipinski definition) is 4. The van der Waals surface area contributed by atoms with Crippen LogP contribution < -0.4 is 0 Å². The normalized spacial score (nSPS) is 11.8. The Balaban J connectivity index is 2.09. The van der Waals surface area contributed by atoms with Gasteiger partial charge >= 0.3 is 5.97 Å². The van der Waals surface area contributed by atoms with Crippen molar-refractivity contribution >= 4 is 11.8 Å². The van der Waals surface area contributed by atoms with E-state index in [1.165, 1.54) is 24.3 Å². The van der Waals surface area contributed by atoms with Gasteiger partial charge in [0.2, 0.25) is 5.78 Å². The number of phenols is 1. The van der Waals surface area contributed by atoms with Crippen molar-refractivity contribution < 1.29 is 19.4 Å². The molecule has 2 aromatic carbocycles. The summed E-state index contributed by atoms with van der Waals surface area (Å²) in [6.07, 6.45) is -0.872. The molecule has 0 amide bonds. The van der Waals surface area contributed by atoms with Gasteiger partial charge in [-0.3, -0.25) is 4.79 Å². The van der Waals surface area contributed by atoms with E-state index in [4.69, 9.17) is 4.74 Å². The molecular weight excluding hydrogens is 280 g/mol. The molecule has 0 heterocycles. The van der Waals surface area contributed by atoms with Gasteiger partial charge in [0, 0.05) is 5.56 Å². The van der Waals surface area contributed by atoms with E-state index in [1.807, 2.05) is 19.9 Å². The molecule has 1 atom stereocenters. The van der Waals surface area contributed by atoms with Crippen molar-refractivity contribution in [3.63, 3.8) is 0 Å². The summed E-state index contributed by atoms with van der Waals surface area (Å²) in [5, 5.41) is 9.20. The molecule has 2 aromatic rings. The van der Waals surface area contributed by atoms with Crippen LogP contribution in [0.25, 0.3) is 0 Å². The smallest absolute Gasteiger partial charge is 0.338 e. The maximum Gasteiger partial charge on any atom is 0.338 e. The monoisotopic (exact) mass is 298 g/mol. The van der Waals surface area contributed by atoms with Crippen LogP contribution in [0.5, 0.6) is 5.75 Å². The van der Waals surface area contributed by atoms with Crippen molar-refractivity contribution in [2.75, 3.05) is 0 Å². The molecule has 0 saturated heterocycles. The van der Waals surface area contributed by atoms with Crippen LogP contribution in [0.2, 0.25) is 0 Å². The largest absolute Gasteiger partial charge is 0.508 e. The Morgan fingerprint density at radius 1 is 0.955 bits per heavy atom. The van der Waals surface area contributed by atoms with Crippen LogP contribution in [0, 0.1) is 13.8 Å². The Bertz CT molecular complexity index is 702. The highest BCUT2D eigenvalue weighted by atomic mass is 16.5. The van der Waals surface area contributed by atoms with Gasteiger partial charge in [-0.15, -0.1) is 0 Å². The van der Waals surface area contributed by atoms with E-state index in [2.05, 4.69) is 0 Å². The number of carbonyl (C=O) groups excluding carboxylic acids is 2. The number of ether oxygens (including phenoxy) is 1. The number of aryl methyl sites for hydroxylation is 2. The summed E-state index contributed by atoms with van der Waals surface area (Å²) in [7, 11) is 0. The molecule has 1 N–H and O–H groups in total. The summed E-state index contributed by atoms with van der Waals surface area (Å²) < 4.78 is 5.19. The van der Waals surface area contributed by atoms with Crippen molar-refractivity contribution in [1.82, 2.24) is 0 Å². The fraction of sp³-hybridized carbons (Fsp3) is 0.222. The van der Waals surface area contributed by atoms with Crippen LogP contribution >= 0.6 is 0 Å². The Kier molecular flexibility index (Phi) is 4.61. The summed E-state index contributed by atoms with van der Waals surface area (Å²) in [6, 6.07) is 11.1. The van der Waals surface area contributed by atoms with Gasteiger partial charge in [0.1, 0.15) is 5.75 Å². The van der Waals surface area contributed by atoms with Gasteiger partial charge in [0.15, 0.2) is 6.10 Å². The highest BCUT2D eigenvalue weighted by Gasteiger charge is 2.20. The van der Waals surface area contributed by atoms with Crippen LogP contribution in [0.1, 0.15) is 38.8 Å². The zero-order chi connectivity index (χ0) is 16.3. The SMILES string of the molecule is Cc1ccc(C(=O)[C@H](C)OC(=O)c2ccc(O)cc2)cc1C. The summed E-state index contributed by atoms with van der Waals surface area (Å²) >= 11 is 0. The van der Waals surface area contributed by atoms with Crippen molar-refractivity contribution in [1.29, 1.82) is 0 Å². The van der Waals surface area contributed by atoms with Gasteiger partial charge in [-0.2, -0.15) is 0 Å². The highest BCUT2D eigenvalue weighted by molar-refractivity contribution is 6.01. The van der Waals surface area contributed by atoms with Crippen molar-refractivity contribution in [2.24, 2.45) is 0 Å². The molecule has 4 heteroatoms. The Morgan fingerprint density at radius 2 is 1.55 bits per heavy atom. The Hall–Kier alpha value is -2.62. The topological polar surface area (TPSA) is 63.6 Å². The molecule has 0 fully saturated rings. The number of Topliss-reactive ketones (excluding diaryl/α,β-unsaturated/α-hetero) is 1. The average Bonchev–Trinajstić information content (AvgIpc) is 2.49. The number of rotatable bonds is 4. The Morgan fingerprint density at radius 3 is 2.14 bits per heavy atom. The van der Waals surface area contributed by atoms with Gasteiger partial charge in [0.25, 0.3) is 0 Å². The number of hydrogen-bond donors (Lipinski definition) is 1. The maximum atomic E-state index is 12.3. The fourth-order valence-electron chi connectivity index (χ4n) is 2.01. The minimum absolute atomic E-state index is 0.0656. The molecule has 0 saturated carbocycles. The molecule has 0 unspecified atom stereocenters. The summed E-state index contributed by atoms with van der Waals surface area (Å²) in [4.78, 5) is 24.3. The van der Waals surface area contributed by atoms with E-state index in [9.17, 15) is 14.7 Å². The lowest BCUT2D eigenvalue weighted by atomic mass is 10.0. The second kappa shape index (κ2) is 6.43. The lowest BCUT2D eigenvalue weighted by Gasteiger charge is -2.13. The average molecular weight is 298 g/mol. The first-order chi connectivity index (χ1) is 10.4. The molecule has 114 valence electrons. The Labute approximate surface area is 129 Å². The minimum Gasteiger partial charge on any atom is -0.508 e. The number of benzene rings is 2. The molecule has 0 radical (unpaired) electrons. The standard InChI is InChI=1S/C18H18O4/c1-11-4-5-15(10-12(11)2)17(20)13(3)22-18(21)14-6-8-16(19)9-7-14/h4-10,13,19H,1-3H3/t13-/m0/s1. The molecule has 0 spiro atoms. The first kappa shape index (κ1) is 15.8. The number of ketones is 1. The van der Waals surface area contributed by atoms with Crippen LogP contribution in [0.4, 0.5) is 0 Å². The molecule has 0 aromatic heterocycles. The van der Waals surface area contributed by atoms with Crippen LogP contribution in [-0.4, -0.2) is 23.0 Å². The maximum absolute atomic E-state index is 12.3. The third-order valence-corrected chi connectivity index (χ3v) is 3.55. The summed E-state index contributed by atoms with van der Waals surface area (Å²) in [5.41, 5.74) is 2.93. The van der Waals surface area contributed by atoms with E-state index in [1.54, 1.807) is 19.1 Å². The minimum atomic E-state index is -0.872. The molecule has 22 heavy (non-hydrogen) atoms. The molecule has 0 bridgehead atoms. The van der Waals surface area contributed by atoms with Gasteiger partial charge < -0.3 is 9.84 Å². The lowest BCUT2D eigenvalue weighted by molar-refractivity contribution is 0.0319. The molecule has 2 rings (SSSR count). The highest BCUT2D eigenvalue weighted by Crippen LogP contribution is 2.15. The first-order valence-electron chi connectivity index (χ1n) is 7.00. The second-order valence-electron chi connectivity index (χ2n) is 5.26. The number of phenolic OH excluding ortho intramolecular Hbond substituents is 1. The number of carbonyl (C=O) groups is 2. The quantitative estimate of drug-likeness (QED) is 0.693. The van der Waals surface area contributed by atoms with E-state index >= 15 is 0 Å². The molecule has 0 aliphatic carbocycles. The van der Waals surface area contributed by atoms with Gasteiger partial charge in [-0.1, -0.05) is 12.1 Å². The third-order valence-electron chi connectivity index (χ3n) is 3.55. The van der Waals surface area contributed by atoms with Crippen molar-refractivity contribution in [3.05, 3.63) is 64.7 Å². The van der Waals surface area contributed by atoms with E-state index in [0.29, 0.717) is 5.56 Å².